The number of nitrogens with one attached hydrogen (secondary N) is 1. The van der Waals surface area contributed by atoms with Gasteiger partial charge in [-0.25, -0.2) is 4.98 Å². The van der Waals surface area contributed by atoms with Gasteiger partial charge in [0, 0.05) is 18.8 Å². The number of nitrogens with zero attached hydrogens (tertiary/aromatic N) is 1. The summed E-state index contributed by atoms with van der Waals surface area (Å²) >= 11 is 0. The third-order valence-electron chi connectivity index (χ3n) is 5.78. The smallest absolute Gasteiger partial charge is 0.105 e. The molecule has 1 N–H and O–H groups in total. The number of aromatic nitrogens is 2. The highest BCUT2D eigenvalue weighted by molar-refractivity contribution is 5.25. The zero-order chi connectivity index (χ0) is 19.2. The molecule has 2 aromatic rings. The minimum absolute atomic E-state index is 0.719. The zero-order valence-corrected chi connectivity index (χ0v) is 17.7. The molecular weight excluding hydrogens is 328 g/mol. The molecular formula is C25H40N2. The van der Waals surface area contributed by atoms with Crippen LogP contribution in [0.3, 0.4) is 0 Å². The van der Waals surface area contributed by atoms with Crippen molar-refractivity contribution in [3.05, 3.63) is 53.6 Å². The Hall–Kier alpha value is -1.57. The van der Waals surface area contributed by atoms with Crippen LogP contribution in [0.15, 0.2) is 36.7 Å². The van der Waals surface area contributed by atoms with Crippen molar-refractivity contribution < 1.29 is 0 Å². The van der Waals surface area contributed by atoms with Crippen LogP contribution in [0.2, 0.25) is 0 Å². The van der Waals surface area contributed by atoms with Gasteiger partial charge in [0.25, 0.3) is 0 Å². The average Bonchev–Trinajstić information content (AvgIpc) is 3.22. The van der Waals surface area contributed by atoms with Crippen molar-refractivity contribution >= 4 is 0 Å². The predicted molar refractivity (Wildman–Crippen MR) is 117 cm³/mol. The van der Waals surface area contributed by atoms with E-state index in [2.05, 4.69) is 48.1 Å². The maximum atomic E-state index is 4.31. The highest BCUT2D eigenvalue weighted by Crippen LogP contribution is 2.26. The molecule has 1 atom stereocenters. The lowest BCUT2D eigenvalue weighted by Crippen LogP contribution is -1.99. The first-order chi connectivity index (χ1) is 13.3. The lowest BCUT2D eigenvalue weighted by molar-refractivity contribution is 0.543. The van der Waals surface area contributed by atoms with E-state index in [0.29, 0.717) is 0 Å². The lowest BCUT2D eigenvalue weighted by atomic mass is 9.90. The fourth-order valence-electron chi connectivity index (χ4n) is 3.97. The maximum Gasteiger partial charge on any atom is 0.105 e. The Balaban J connectivity index is 1.63. The topological polar surface area (TPSA) is 28.7 Å². The van der Waals surface area contributed by atoms with Crippen LogP contribution >= 0.6 is 0 Å². The van der Waals surface area contributed by atoms with Gasteiger partial charge in [-0.1, -0.05) is 83.1 Å². The van der Waals surface area contributed by atoms with Crippen LogP contribution in [0.4, 0.5) is 0 Å². The van der Waals surface area contributed by atoms with E-state index in [4.69, 9.17) is 0 Å². The molecule has 150 valence electrons. The first-order valence-corrected chi connectivity index (χ1v) is 11.4. The summed E-state index contributed by atoms with van der Waals surface area (Å²) in [6, 6.07) is 9.54. The van der Waals surface area contributed by atoms with E-state index < -0.39 is 0 Å². The van der Waals surface area contributed by atoms with Crippen LogP contribution in [0.5, 0.6) is 0 Å². The van der Waals surface area contributed by atoms with Crippen molar-refractivity contribution in [1.29, 1.82) is 0 Å². The average molecular weight is 369 g/mol. The van der Waals surface area contributed by atoms with Crippen LogP contribution in [0, 0.1) is 0 Å². The summed E-state index contributed by atoms with van der Waals surface area (Å²) in [4.78, 5) is 7.50. The summed E-state index contributed by atoms with van der Waals surface area (Å²) in [6.07, 6.45) is 20.8. The highest BCUT2D eigenvalue weighted by Gasteiger charge is 2.09. The van der Waals surface area contributed by atoms with Gasteiger partial charge in [0.05, 0.1) is 0 Å². The van der Waals surface area contributed by atoms with Gasteiger partial charge in [0.15, 0.2) is 0 Å². The molecule has 1 heterocycles. The fraction of sp³-hybridized carbons (Fsp3) is 0.640. The first kappa shape index (κ1) is 21.7. The van der Waals surface area contributed by atoms with Crippen LogP contribution in [-0.4, -0.2) is 9.97 Å². The van der Waals surface area contributed by atoms with Gasteiger partial charge in [-0.15, -0.1) is 0 Å². The molecule has 0 bridgehead atoms. The minimum atomic E-state index is 0.719. The van der Waals surface area contributed by atoms with Crippen molar-refractivity contribution in [2.75, 3.05) is 0 Å². The van der Waals surface area contributed by atoms with E-state index in [1.54, 1.807) is 0 Å². The van der Waals surface area contributed by atoms with E-state index in [1.807, 2.05) is 12.4 Å². The van der Waals surface area contributed by atoms with Crippen LogP contribution < -0.4 is 0 Å². The molecule has 1 aromatic heterocycles. The molecule has 0 aliphatic heterocycles. The van der Waals surface area contributed by atoms with E-state index in [0.717, 1.165) is 18.2 Å². The Morgan fingerprint density at radius 2 is 1.52 bits per heavy atom. The van der Waals surface area contributed by atoms with Gasteiger partial charge in [-0.2, -0.15) is 0 Å². The molecule has 0 spiro atoms. The second-order valence-electron chi connectivity index (χ2n) is 8.00. The second kappa shape index (κ2) is 13.6. The quantitative estimate of drug-likeness (QED) is 0.322. The van der Waals surface area contributed by atoms with Gasteiger partial charge in [0.2, 0.25) is 0 Å². The minimum Gasteiger partial charge on any atom is -0.349 e. The van der Waals surface area contributed by atoms with Crippen molar-refractivity contribution in [1.82, 2.24) is 9.97 Å². The summed E-state index contributed by atoms with van der Waals surface area (Å²) in [5.41, 5.74) is 3.05. The molecule has 0 saturated carbocycles. The fourth-order valence-corrected chi connectivity index (χ4v) is 3.97. The molecule has 0 aliphatic carbocycles. The summed E-state index contributed by atoms with van der Waals surface area (Å²) in [6.45, 7) is 4.61. The van der Waals surface area contributed by atoms with E-state index >= 15 is 0 Å². The molecule has 2 heteroatoms. The van der Waals surface area contributed by atoms with Gasteiger partial charge < -0.3 is 4.98 Å². The molecule has 0 amide bonds. The van der Waals surface area contributed by atoms with E-state index in [1.165, 1.54) is 88.2 Å². The molecule has 0 radical (unpaired) electrons. The first-order valence-electron chi connectivity index (χ1n) is 11.4. The number of unbranched alkanes of at least 4 members (excludes halogenated alkanes) is 7. The normalized spacial score (nSPS) is 12.4. The molecule has 1 aromatic carbocycles. The molecule has 2 nitrogen and oxygen atoms in total. The van der Waals surface area contributed by atoms with Crippen LogP contribution in [0.1, 0.15) is 107 Å². The number of benzene rings is 1. The number of hydrogen-bond donors (Lipinski definition) is 1. The Bertz CT molecular complexity index is 571. The van der Waals surface area contributed by atoms with Gasteiger partial charge >= 0.3 is 0 Å². The number of hydrogen-bond acceptors (Lipinski definition) is 1. The number of rotatable bonds is 15. The van der Waals surface area contributed by atoms with Crippen molar-refractivity contribution in [3.8, 4) is 0 Å². The van der Waals surface area contributed by atoms with Crippen LogP contribution in [-0.2, 0) is 12.8 Å². The largest absolute Gasteiger partial charge is 0.349 e. The molecule has 2 rings (SSSR count). The van der Waals surface area contributed by atoms with Gasteiger partial charge in [0.1, 0.15) is 5.82 Å². The molecule has 0 fully saturated rings. The number of aromatic amines is 1. The summed E-state index contributed by atoms with van der Waals surface area (Å²) < 4.78 is 0. The number of imidazole rings is 1. The van der Waals surface area contributed by atoms with E-state index in [9.17, 15) is 0 Å². The summed E-state index contributed by atoms with van der Waals surface area (Å²) in [5, 5.41) is 0. The van der Waals surface area contributed by atoms with Crippen molar-refractivity contribution in [3.63, 3.8) is 0 Å². The molecule has 0 saturated heterocycles. The molecule has 0 aliphatic rings. The van der Waals surface area contributed by atoms with E-state index in [-0.39, 0.29) is 0 Å². The number of aryl methyl sites for hydroxylation is 2. The Morgan fingerprint density at radius 3 is 2.22 bits per heavy atom. The monoisotopic (exact) mass is 368 g/mol. The predicted octanol–water partition coefficient (Wildman–Crippen LogP) is 7.61. The summed E-state index contributed by atoms with van der Waals surface area (Å²) in [7, 11) is 0. The van der Waals surface area contributed by atoms with Crippen molar-refractivity contribution in [2.45, 2.75) is 103 Å². The standard InChI is InChI=1S/C25H40N2/c1-3-5-6-7-8-10-13-22-16-18-24(19-17-22)23(4-2)14-11-9-12-15-25-26-20-21-27-25/h16-21,23H,3-15H2,1-2H3,(H,26,27). The second-order valence-corrected chi connectivity index (χ2v) is 8.00. The Labute approximate surface area is 167 Å². The van der Waals surface area contributed by atoms with Gasteiger partial charge in [-0.3, -0.25) is 0 Å². The lowest BCUT2D eigenvalue weighted by Gasteiger charge is -2.16. The third kappa shape index (κ3) is 8.77. The van der Waals surface area contributed by atoms with Crippen LogP contribution in [0.25, 0.3) is 0 Å². The SMILES string of the molecule is CCCCCCCCc1ccc(C(CC)CCCCCc2ncc[nH]2)cc1. The molecule has 1 unspecified atom stereocenters. The zero-order valence-electron chi connectivity index (χ0n) is 17.7. The molecule has 27 heavy (non-hydrogen) atoms. The Morgan fingerprint density at radius 1 is 0.815 bits per heavy atom. The van der Waals surface area contributed by atoms with Crippen molar-refractivity contribution in [2.24, 2.45) is 0 Å². The van der Waals surface area contributed by atoms with Gasteiger partial charge in [-0.05, 0) is 49.1 Å². The number of H-pyrrole nitrogens is 1. The summed E-state index contributed by atoms with van der Waals surface area (Å²) in [5.74, 6) is 1.85. The Kier molecular flexibility index (Phi) is 10.9. The maximum absolute atomic E-state index is 4.31. The third-order valence-corrected chi connectivity index (χ3v) is 5.78. The highest BCUT2D eigenvalue weighted by atomic mass is 14.9.